The second-order valence-corrected chi connectivity index (χ2v) is 4.95. The summed E-state index contributed by atoms with van der Waals surface area (Å²) >= 11 is 3.54. The van der Waals surface area contributed by atoms with Crippen LogP contribution >= 0.6 is 15.9 Å². The highest BCUT2D eigenvalue weighted by atomic mass is 79.9. The van der Waals surface area contributed by atoms with E-state index >= 15 is 0 Å². The molecule has 0 spiro atoms. The predicted molar refractivity (Wildman–Crippen MR) is 57.7 cm³/mol. The second-order valence-electron chi connectivity index (χ2n) is 4.15. The van der Waals surface area contributed by atoms with Crippen molar-refractivity contribution in [2.45, 2.75) is 32.6 Å². The van der Waals surface area contributed by atoms with Gasteiger partial charge in [-0.2, -0.15) is 5.10 Å². The van der Waals surface area contributed by atoms with E-state index in [1.54, 1.807) is 0 Å². The lowest BCUT2D eigenvalue weighted by molar-refractivity contribution is 0.564. The Balaban J connectivity index is 2.99. The van der Waals surface area contributed by atoms with Crippen LogP contribution in [0.4, 0.5) is 0 Å². The maximum atomic E-state index is 5.48. The molecule has 3 N–H and O–H groups in total. The van der Waals surface area contributed by atoms with E-state index in [-0.39, 0.29) is 5.41 Å². The van der Waals surface area contributed by atoms with Crippen molar-refractivity contribution in [3.05, 3.63) is 15.9 Å². The number of H-pyrrole nitrogens is 1. The van der Waals surface area contributed by atoms with E-state index < -0.39 is 0 Å². The minimum atomic E-state index is 0.0716. The monoisotopic (exact) mass is 245 g/mol. The zero-order chi connectivity index (χ0) is 10.1. The zero-order valence-electron chi connectivity index (χ0n) is 8.32. The van der Waals surface area contributed by atoms with Crippen molar-refractivity contribution in [2.75, 3.05) is 6.54 Å². The van der Waals surface area contributed by atoms with E-state index in [0.717, 1.165) is 22.3 Å². The molecule has 13 heavy (non-hydrogen) atoms. The van der Waals surface area contributed by atoms with Crippen molar-refractivity contribution in [1.29, 1.82) is 0 Å². The third kappa shape index (κ3) is 2.31. The molecule has 0 aromatic carbocycles. The van der Waals surface area contributed by atoms with Gasteiger partial charge in [0.15, 0.2) is 0 Å². The van der Waals surface area contributed by atoms with Crippen LogP contribution in [0.15, 0.2) is 4.47 Å². The number of hydrogen-bond donors (Lipinski definition) is 2. The summed E-state index contributed by atoms with van der Waals surface area (Å²) in [6.07, 6.45) is 0.837. The Labute approximate surface area is 87.2 Å². The van der Waals surface area contributed by atoms with Gasteiger partial charge in [0, 0.05) is 11.8 Å². The minimum Gasteiger partial charge on any atom is -0.330 e. The van der Waals surface area contributed by atoms with Crippen molar-refractivity contribution < 1.29 is 0 Å². The average molecular weight is 246 g/mol. The van der Waals surface area contributed by atoms with Crippen molar-refractivity contribution >= 4 is 15.9 Å². The van der Waals surface area contributed by atoms with Gasteiger partial charge in [0.25, 0.3) is 0 Å². The fraction of sp³-hybridized carbons (Fsp3) is 0.667. The number of rotatable bonds is 2. The summed E-state index contributed by atoms with van der Waals surface area (Å²) < 4.78 is 1.07. The van der Waals surface area contributed by atoms with Crippen LogP contribution in [0, 0.1) is 0 Å². The summed E-state index contributed by atoms with van der Waals surface area (Å²) in [5.41, 5.74) is 7.71. The molecule has 1 aromatic rings. The maximum Gasteiger partial charge on any atom is 0.0820 e. The summed E-state index contributed by atoms with van der Waals surface area (Å²) in [4.78, 5) is 0. The molecule has 0 aliphatic rings. The van der Waals surface area contributed by atoms with E-state index in [9.17, 15) is 0 Å². The normalized spacial score (nSPS) is 12.1. The Morgan fingerprint density at radius 1 is 1.46 bits per heavy atom. The molecule has 0 atom stereocenters. The van der Waals surface area contributed by atoms with Crippen LogP contribution in [0.25, 0.3) is 0 Å². The second kappa shape index (κ2) is 3.80. The lowest BCUT2D eigenvalue weighted by Gasteiger charge is -2.15. The molecule has 0 bridgehead atoms. The molecule has 0 unspecified atom stereocenters. The summed E-state index contributed by atoms with van der Waals surface area (Å²) in [7, 11) is 0. The first-order chi connectivity index (χ1) is 5.96. The summed E-state index contributed by atoms with van der Waals surface area (Å²) in [5.74, 6) is 0. The number of aromatic amines is 1. The van der Waals surface area contributed by atoms with Crippen molar-refractivity contribution in [3.8, 4) is 0 Å². The predicted octanol–water partition coefficient (Wildman–Crippen LogP) is 1.97. The van der Waals surface area contributed by atoms with Gasteiger partial charge in [-0.1, -0.05) is 20.8 Å². The summed E-state index contributed by atoms with van der Waals surface area (Å²) in [6, 6.07) is 0. The van der Waals surface area contributed by atoms with Gasteiger partial charge in [-0.05, 0) is 22.5 Å². The quantitative estimate of drug-likeness (QED) is 0.838. The van der Waals surface area contributed by atoms with Gasteiger partial charge in [0.05, 0.1) is 15.9 Å². The molecule has 0 saturated heterocycles. The first-order valence-electron chi connectivity index (χ1n) is 4.40. The highest BCUT2D eigenvalue weighted by molar-refractivity contribution is 9.10. The van der Waals surface area contributed by atoms with Crippen molar-refractivity contribution in [1.82, 2.24) is 10.2 Å². The van der Waals surface area contributed by atoms with Crippen molar-refractivity contribution in [2.24, 2.45) is 5.73 Å². The highest BCUT2D eigenvalue weighted by Gasteiger charge is 2.22. The maximum absolute atomic E-state index is 5.48. The molecule has 74 valence electrons. The number of halogens is 1. The van der Waals surface area contributed by atoms with Crippen LogP contribution < -0.4 is 5.73 Å². The average Bonchev–Trinajstić information content (AvgIpc) is 2.32. The molecule has 0 radical (unpaired) electrons. The Morgan fingerprint density at radius 3 is 2.46 bits per heavy atom. The van der Waals surface area contributed by atoms with Crippen LogP contribution in [0.2, 0.25) is 0 Å². The lowest BCUT2D eigenvalue weighted by Crippen LogP contribution is -2.12. The van der Waals surface area contributed by atoms with Gasteiger partial charge in [-0.25, -0.2) is 0 Å². The molecule has 1 rings (SSSR count). The molecule has 0 saturated carbocycles. The smallest absolute Gasteiger partial charge is 0.0820 e. The van der Waals surface area contributed by atoms with Gasteiger partial charge in [0.2, 0.25) is 0 Å². The van der Waals surface area contributed by atoms with Crippen LogP contribution in [0.1, 0.15) is 32.2 Å². The largest absolute Gasteiger partial charge is 0.330 e. The topological polar surface area (TPSA) is 54.7 Å². The van der Waals surface area contributed by atoms with Gasteiger partial charge in [-0.15, -0.1) is 0 Å². The number of hydrogen-bond acceptors (Lipinski definition) is 2. The zero-order valence-corrected chi connectivity index (χ0v) is 9.90. The number of aromatic nitrogens is 2. The van der Waals surface area contributed by atoms with Crippen molar-refractivity contribution in [3.63, 3.8) is 0 Å². The molecule has 1 heterocycles. The fourth-order valence-electron chi connectivity index (χ4n) is 1.17. The molecule has 3 nitrogen and oxygen atoms in total. The van der Waals surface area contributed by atoms with E-state index in [2.05, 4.69) is 46.9 Å². The highest BCUT2D eigenvalue weighted by Crippen LogP contribution is 2.29. The van der Waals surface area contributed by atoms with E-state index in [1.165, 1.54) is 0 Å². The third-order valence-corrected chi connectivity index (χ3v) is 2.73. The molecule has 0 fully saturated rings. The van der Waals surface area contributed by atoms with E-state index in [4.69, 9.17) is 5.73 Å². The molecular weight excluding hydrogens is 230 g/mol. The van der Waals surface area contributed by atoms with Gasteiger partial charge in [-0.3, -0.25) is 5.10 Å². The minimum absolute atomic E-state index is 0.0716. The van der Waals surface area contributed by atoms with Crippen LogP contribution in [-0.2, 0) is 11.8 Å². The summed E-state index contributed by atoms with van der Waals surface area (Å²) in [6.45, 7) is 7.06. The molecule has 1 aromatic heterocycles. The Kier molecular flexibility index (Phi) is 3.14. The van der Waals surface area contributed by atoms with E-state index in [1.807, 2.05) is 0 Å². The standard InChI is InChI=1S/C9H16BrN3/c1-9(2,3)8-7(10)6(4-5-11)12-13-8/h4-5,11H2,1-3H3,(H,12,13). The SMILES string of the molecule is CC(C)(C)c1n[nH]c(CCN)c1Br. The van der Waals surface area contributed by atoms with Crippen LogP contribution in [0.5, 0.6) is 0 Å². The first kappa shape index (κ1) is 10.7. The van der Waals surface area contributed by atoms with Crippen LogP contribution in [0.3, 0.4) is 0 Å². The summed E-state index contributed by atoms with van der Waals surface area (Å²) in [5, 5.41) is 7.28. The lowest BCUT2D eigenvalue weighted by atomic mass is 9.92. The molecule has 0 aliphatic heterocycles. The molecule has 0 amide bonds. The number of nitrogens with one attached hydrogen (secondary N) is 1. The Hall–Kier alpha value is -0.350. The van der Waals surface area contributed by atoms with Gasteiger partial charge >= 0.3 is 0 Å². The van der Waals surface area contributed by atoms with Gasteiger partial charge < -0.3 is 5.73 Å². The number of nitrogens with zero attached hydrogens (tertiary/aromatic N) is 1. The first-order valence-corrected chi connectivity index (χ1v) is 5.19. The molecule has 0 aliphatic carbocycles. The fourth-order valence-corrected chi connectivity index (χ4v) is 2.14. The molecule has 4 heteroatoms. The molecular formula is C9H16BrN3. The third-order valence-electron chi connectivity index (χ3n) is 1.88. The van der Waals surface area contributed by atoms with Gasteiger partial charge in [0.1, 0.15) is 0 Å². The Bertz CT molecular complexity index is 286. The Morgan fingerprint density at radius 2 is 2.08 bits per heavy atom. The van der Waals surface area contributed by atoms with Crippen LogP contribution in [-0.4, -0.2) is 16.7 Å². The van der Waals surface area contributed by atoms with E-state index in [0.29, 0.717) is 6.54 Å². The number of nitrogens with two attached hydrogens (primary N) is 1.